The van der Waals surface area contributed by atoms with Crippen molar-refractivity contribution in [2.24, 2.45) is 0 Å². The van der Waals surface area contributed by atoms with Gasteiger partial charge in [-0.2, -0.15) is 0 Å². The van der Waals surface area contributed by atoms with Gasteiger partial charge < -0.3 is 4.74 Å². The maximum Gasteiger partial charge on any atom is 0.185 e. The molecule has 0 spiro atoms. The van der Waals surface area contributed by atoms with E-state index in [0.717, 1.165) is 5.57 Å². The molecule has 1 aliphatic carbocycles. The van der Waals surface area contributed by atoms with Crippen LogP contribution in [0, 0.1) is 0 Å². The zero-order chi connectivity index (χ0) is 6.85. The van der Waals surface area contributed by atoms with Crippen molar-refractivity contribution < 1.29 is 9.53 Å². The first-order valence-corrected chi connectivity index (χ1v) is 2.72. The van der Waals surface area contributed by atoms with E-state index in [0.29, 0.717) is 5.76 Å². The van der Waals surface area contributed by atoms with Crippen LogP contribution in [0.15, 0.2) is 23.5 Å². The third kappa shape index (κ3) is 1.02. The van der Waals surface area contributed by atoms with E-state index in [-0.39, 0.29) is 5.78 Å². The number of ether oxygens (including phenoxy) is 1. The highest BCUT2D eigenvalue weighted by atomic mass is 16.5. The normalized spacial score (nSPS) is 17.3. The number of methoxy groups -OCH3 is 1. The zero-order valence-corrected chi connectivity index (χ0v) is 5.47. The molecular weight excluding hydrogens is 116 g/mol. The fourth-order valence-electron chi connectivity index (χ4n) is 0.687. The lowest BCUT2D eigenvalue weighted by Crippen LogP contribution is -1.86. The van der Waals surface area contributed by atoms with Crippen LogP contribution in [0.2, 0.25) is 0 Å². The molecule has 0 atom stereocenters. The Bertz CT molecular complexity index is 199. The first-order chi connectivity index (χ1) is 4.24. The topological polar surface area (TPSA) is 26.3 Å². The minimum Gasteiger partial charge on any atom is -0.497 e. The molecule has 2 heteroatoms. The highest BCUT2D eigenvalue weighted by molar-refractivity contribution is 6.06. The van der Waals surface area contributed by atoms with Gasteiger partial charge in [0.1, 0.15) is 5.76 Å². The summed E-state index contributed by atoms with van der Waals surface area (Å²) in [5.41, 5.74) is 0.742. The lowest BCUT2D eigenvalue weighted by molar-refractivity contribution is -0.111. The van der Waals surface area contributed by atoms with Crippen molar-refractivity contribution in [1.82, 2.24) is 0 Å². The van der Waals surface area contributed by atoms with Crippen molar-refractivity contribution in [2.75, 3.05) is 7.11 Å². The summed E-state index contributed by atoms with van der Waals surface area (Å²) in [6.07, 6.45) is 3.21. The summed E-state index contributed by atoms with van der Waals surface area (Å²) in [6, 6.07) is 0. The van der Waals surface area contributed by atoms with Crippen molar-refractivity contribution in [3.05, 3.63) is 23.5 Å². The molecule has 48 valence electrons. The van der Waals surface area contributed by atoms with E-state index in [1.165, 1.54) is 6.08 Å². The molecule has 0 saturated carbocycles. The van der Waals surface area contributed by atoms with Gasteiger partial charge in [-0.05, 0) is 13.0 Å². The molecule has 0 saturated heterocycles. The second kappa shape index (κ2) is 2.05. The zero-order valence-electron chi connectivity index (χ0n) is 5.47. The summed E-state index contributed by atoms with van der Waals surface area (Å²) in [4.78, 5) is 10.7. The van der Waals surface area contributed by atoms with E-state index in [1.54, 1.807) is 20.1 Å². The average molecular weight is 124 g/mol. The summed E-state index contributed by atoms with van der Waals surface area (Å²) in [5, 5.41) is 0. The van der Waals surface area contributed by atoms with E-state index in [1.807, 2.05) is 0 Å². The number of hydrogen-bond acceptors (Lipinski definition) is 2. The van der Waals surface area contributed by atoms with E-state index < -0.39 is 0 Å². The van der Waals surface area contributed by atoms with Crippen molar-refractivity contribution >= 4 is 5.78 Å². The SMILES string of the molecule is COC1=CC(=O)C(C)=C1. The minimum absolute atomic E-state index is 0.0480. The quantitative estimate of drug-likeness (QED) is 0.522. The number of ketones is 1. The Balaban J connectivity index is 2.83. The Morgan fingerprint density at radius 1 is 1.44 bits per heavy atom. The van der Waals surface area contributed by atoms with Crippen LogP contribution in [-0.2, 0) is 9.53 Å². The Morgan fingerprint density at radius 3 is 2.33 bits per heavy atom. The van der Waals surface area contributed by atoms with Crippen LogP contribution in [0.1, 0.15) is 6.92 Å². The summed E-state index contributed by atoms with van der Waals surface area (Å²) in [5.74, 6) is 0.698. The summed E-state index contributed by atoms with van der Waals surface area (Å²) in [7, 11) is 1.55. The number of carbonyl (C=O) groups is 1. The Labute approximate surface area is 53.8 Å². The standard InChI is InChI=1S/C7H8O2/c1-5-3-6(9-2)4-7(5)8/h3-4H,1-2H3. The predicted octanol–water partition coefficient (Wildman–Crippen LogP) is 1.05. The Hall–Kier alpha value is -1.05. The first-order valence-electron chi connectivity index (χ1n) is 2.72. The first kappa shape index (κ1) is 6.08. The summed E-state index contributed by atoms with van der Waals surface area (Å²) >= 11 is 0. The second-order valence-corrected chi connectivity index (χ2v) is 1.94. The predicted molar refractivity (Wildman–Crippen MR) is 33.9 cm³/mol. The van der Waals surface area contributed by atoms with Crippen LogP contribution < -0.4 is 0 Å². The van der Waals surface area contributed by atoms with Gasteiger partial charge in [0.25, 0.3) is 0 Å². The molecule has 1 rings (SSSR count). The van der Waals surface area contributed by atoms with Gasteiger partial charge in [-0.1, -0.05) is 0 Å². The van der Waals surface area contributed by atoms with Crippen LogP contribution in [0.3, 0.4) is 0 Å². The molecular formula is C7H8O2. The van der Waals surface area contributed by atoms with Crippen LogP contribution in [0.4, 0.5) is 0 Å². The maximum absolute atomic E-state index is 10.7. The lowest BCUT2D eigenvalue weighted by Gasteiger charge is -1.90. The third-order valence-corrected chi connectivity index (χ3v) is 1.26. The minimum atomic E-state index is 0.0480. The van der Waals surface area contributed by atoms with E-state index in [2.05, 4.69) is 0 Å². The lowest BCUT2D eigenvalue weighted by atomic mass is 10.3. The van der Waals surface area contributed by atoms with Crippen LogP contribution in [0.25, 0.3) is 0 Å². The third-order valence-electron chi connectivity index (χ3n) is 1.26. The molecule has 0 radical (unpaired) electrons. The fourth-order valence-corrected chi connectivity index (χ4v) is 0.687. The number of carbonyl (C=O) groups excluding carboxylic acids is 1. The number of rotatable bonds is 1. The van der Waals surface area contributed by atoms with Crippen molar-refractivity contribution in [1.29, 1.82) is 0 Å². The second-order valence-electron chi connectivity index (χ2n) is 1.94. The van der Waals surface area contributed by atoms with Crippen LogP contribution in [0.5, 0.6) is 0 Å². The molecule has 0 unspecified atom stereocenters. The molecule has 0 bridgehead atoms. The molecule has 0 amide bonds. The van der Waals surface area contributed by atoms with Crippen molar-refractivity contribution in [3.63, 3.8) is 0 Å². The molecule has 1 aliphatic rings. The Kier molecular flexibility index (Phi) is 1.39. The van der Waals surface area contributed by atoms with Gasteiger partial charge in [0.2, 0.25) is 0 Å². The maximum atomic E-state index is 10.7. The number of allylic oxidation sites excluding steroid dienone is 3. The van der Waals surface area contributed by atoms with E-state index in [4.69, 9.17) is 4.74 Å². The highest BCUT2D eigenvalue weighted by Crippen LogP contribution is 2.12. The molecule has 0 heterocycles. The molecule has 0 aromatic rings. The van der Waals surface area contributed by atoms with Gasteiger partial charge in [-0.25, -0.2) is 0 Å². The molecule has 0 aliphatic heterocycles. The fraction of sp³-hybridized carbons (Fsp3) is 0.286. The van der Waals surface area contributed by atoms with Gasteiger partial charge in [0.15, 0.2) is 5.78 Å². The van der Waals surface area contributed by atoms with Crippen molar-refractivity contribution in [3.8, 4) is 0 Å². The van der Waals surface area contributed by atoms with E-state index in [9.17, 15) is 4.79 Å². The number of hydrogen-bond donors (Lipinski definition) is 0. The summed E-state index contributed by atoms with van der Waals surface area (Å²) < 4.78 is 4.82. The largest absolute Gasteiger partial charge is 0.497 e. The molecule has 0 aromatic heterocycles. The Morgan fingerprint density at radius 2 is 2.11 bits per heavy atom. The summed E-state index contributed by atoms with van der Waals surface area (Å²) in [6.45, 7) is 1.77. The monoisotopic (exact) mass is 124 g/mol. The van der Waals surface area contributed by atoms with Gasteiger partial charge in [-0.3, -0.25) is 4.79 Å². The van der Waals surface area contributed by atoms with Gasteiger partial charge in [0.05, 0.1) is 7.11 Å². The molecule has 0 aromatic carbocycles. The van der Waals surface area contributed by atoms with Gasteiger partial charge in [-0.15, -0.1) is 0 Å². The molecule has 9 heavy (non-hydrogen) atoms. The van der Waals surface area contributed by atoms with Crippen LogP contribution in [-0.4, -0.2) is 12.9 Å². The van der Waals surface area contributed by atoms with Gasteiger partial charge in [0, 0.05) is 11.6 Å². The smallest absolute Gasteiger partial charge is 0.185 e. The van der Waals surface area contributed by atoms with Crippen molar-refractivity contribution in [2.45, 2.75) is 6.92 Å². The average Bonchev–Trinajstić information content (AvgIpc) is 2.13. The molecule has 2 nitrogen and oxygen atoms in total. The highest BCUT2D eigenvalue weighted by Gasteiger charge is 2.10. The van der Waals surface area contributed by atoms with E-state index >= 15 is 0 Å². The van der Waals surface area contributed by atoms with Crippen LogP contribution >= 0.6 is 0 Å². The molecule has 0 fully saturated rings. The van der Waals surface area contributed by atoms with Gasteiger partial charge >= 0.3 is 0 Å². The molecule has 0 N–H and O–H groups in total.